The maximum Gasteiger partial charge on any atom is 0.130 e. The second kappa shape index (κ2) is 5.76. The van der Waals surface area contributed by atoms with Gasteiger partial charge in [0.05, 0.1) is 6.07 Å². The van der Waals surface area contributed by atoms with Crippen LogP contribution in [0.25, 0.3) is 0 Å². The van der Waals surface area contributed by atoms with Crippen molar-refractivity contribution in [3.05, 3.63) is 0 Å². The first-order valence-electron chi connectivity index (χ1n) is 2.74. The van der Waals surface area contributed by atoms with Gasteiger partial charge >= 0.3 is 0 Å². The summed E-state index contributed by atoms with van der Waals surface area (Å²) in [5.41, 5.74) is 0. The van der Waals surface area contributed by atoms with Crippen LogP contribution in [-0.4, -0.2) is 25.6 Å². The smallest absolute Gasteiger partial charge is 0.130 e. The van der Waals surface area contributed by atoms with E-state index >= 15 is 0 Å². The first-order chi connectivity index (χ1) is 4.27. The van der Waals surface area contributed by atoms with E-state index in [4.69, 9.17) is 15.5 Å². The van der Waals surface area contributed by atoms with E-state index in [0.29, 0.717) is 6.42 Å². The number of hydrogen-bond donors (Lipinski definition) is 2. The Morgan fingerprint density at radius 1 is 1.56 bits per heavy atom. The fourth-order valence-corrected chi connectivity index (χ4v) is 1.04. The molecule has 0 aliphatic heterocycles. The van der Waals surface area contributed by atoms with Crippen LogP contribution in [0.3, 0.4) is 0 Å². The van der Waals surface area contributed by atoms with Crippen molar-refractivity contribution in [2.45, 2.75) is 24.8 Å². The van der Waals surface area contributed by atoms with Crippen molar-refractivity contribution in [1.82, 2.24) is 0 Å². The van der Waals surface area contributed by atoms with E-state index in [0.717, 1.165) is 12.5 Å². The predicted molar refractivity (Wildman–Crippen MR) is 33.6 cm³/mol. The molecule has 2 radical (unpaired) electrons. The van der Waals surface area contributed by atoms with Gasteiger partial charge in [-0.1, -0.05) is 6.04 Å². The molecule has 9 heavy (non-hydrogen) atoms. The molecule has 0 atom stereocenters. The third-order valence-electron chi connectivity index (χ3n) is 0.792. The average molecular weight is 143 g/mol. The Morgan fingerprint density at radius 2 is 2.22 bits per heavy atom. The van der Waals surface area contributed by atoms with Gasteiger partial charge in [-0.05, 0) is 6.42 Å². The van der Waals surface area contributed by atoms with Crippen molar-refractivity contribution in [2.75, 3.05) is 0 Å². The number of unbranched alkanes of at least 4 members (excludes halogenated alkanes) is 1. The Bertz CT molecular complexity index is 99.6. The molecule has 4 heteroatoms. The Labute approximate surface area is 56.8 Å². The number of aliphatic hydroxyl groups excluding tert-OH is 1. The lowest BCUT2D eigenvalue weighted by Crippen LogP contribution is -2.13. The maximum atomic E-state index is 8.34. The topological polar surface area (TPSA) is 64.2 Å². The van der Waals surface area contributed by atoms with E-state index < -0.39 is 5.91 Å². The molecule has 0 unspecified atom stereocenters. The Hall–Kier alpha value is -0.373. The zero-order valence-electron chi connectivity index (χ0n) is 5.04. The zero-order chi connectivity index (χ0) is 7.11. The normalized spacial score (nSPS) is 9.56. The summed E-state index contributed by atoms with van der Waals surface area (Å²) in [5.74, 6) is -1.18. The molecule has 0 saturated carbocycles. The van der Waals surface area contributed by atoms with Crippen molar-refractivity contribution < 1.29 is 10.2 Å². The number of hydrogen-bond acceptors (Lipinski definition) is 3. The molecular formula is C5H9NO2Si. The van der Waals surface area contributed by atoms with Crippen molar-refractivity contribution >= 4 is 9.52 Å². The lowest BCUT2D eigenvalue weighted by molar-refractivity contribution is 0.0289. The number of rotatable bonds is 4. The van der Waals surface area contributed by atoms with Gasteiger partial charge in [0.25, 0.3) is 0 Å². The largest absolute Gasteiger partial charge is 0.372 e. The van der Waals surface area contributed by atoms with E-state index in [1.54, 1.807) is 0 Å². The van der Waals surface area contributed by atoms with E-state index in [-0.39, 0.29) is 9.52 Å². The number of nitriles is 1. The first-order valence-corrected chi connectivity index (χ1v) is 4.02. The van der Waals surface area contributed by atoms with Gasteiger partial charge in [0, 0.05) is 6.42 Å². The van der Waals surface area contributed by atoms with Gasteiger partial charge < -0.3 is 10.2 Å². The second-order valence-corrected chi connectivity index (χ2v) is 3.01. The minimum atomic E-state index is -1.18. The van der Waals surface area contributed by atoms with Crippen LogP contribution in [0, 0.1) is 11.3 Å². The quantitative estimate of drug-likeness (QED) is 0.322. The Kier molecular flexibility index (Phi) is 5.52. The summed E-state index contributed by atoms with van der Waals surface area (Å²) >= 11 is 0. The molecule has 0 aliphatic carbocycles. The van der Waals surface area contributed by atoms with Crippen LogP contribution >= 0.6 is 0 Å². The van der Waals surface area contributed by atoms with Crippen molar-refractivity contribution in [2.24, 2.45) is 0 Å². The van der Waals surface area contributed by atoms with Crippen LogP contribution < -0.4 is 0 Å². The van der Waals surface area contributed by atoms with Gasteiger partial charge in [-0.25, -0.2) is 0 Å². The molecule has 0 aromatic rings. The molecule has 0 saturated heterocycles. The molecule has 0 spiro atoms. The van der Waals surface area contributed by atoms with Crippen LogP contribution in [-0.2, 0) is 0 Å². The van der Waals surface area contributed by atoms with Gasteiger partial charge in [0.15, 0.2) is 0 Å². The summed E-state index contributed by atoms with van der Waals surface area (Å²) in [6.07, 6.45) is 1.28. The summed E-state index contributed by atoms with van der Waals surface area (Å²) in [7, 11) is 0.158. The van der Waals surface area contributed by atoms with Crippen molar-refractivity contribution in [1.29, 1.82) is 5.26 Å². The van der Waals surface area contributed by atoms with Gasteiger partial charge in [-0.3, -0.25) is 0 Å². The van der Waals surface area contributed by atoms with Crippen LogP contribution in [0.4, 0.5) is 0 Å². The minimum Gasteiger partial charge on any atom is -0.372 e. The van der Waals surface area contributed by atoms with Gasteiger partial charge in [0.2, 0.25) is 0 Å². The van der Waals surface area contributed by atoms with E-state index in [1.165, 1.54) is 0 Å². The van der Waals surface area contributed by atoms with Gasteiger partial charge in [0.1, 0.15) is 15.4 Å². The standard InChI is InChI=1S/C5H9NO2Si/c6-3-1-2-4-9-5(7)8/h5,7-8H,1-2,4H2. The third kappa shape index (κ3) is 7.63. The molecule has 0 aromatic heterocycles. The third-order valence-corrected chi connectivity index (χ3v) is 1.80. The molecule has 0 fully saturated rings. The fraction of sp³-hybridized carbons (Fsp3) is 0.800. The monoisotopic (exact) mass is 143 g/mol. The first kappa shape index (κ1) is 8.63. The lowest BCUT2D eigenvalue weighted by atomic mass is 10.4. The highest BCUT2D eigenvalue weighted by Crippen LogP contribution is 1.93. The van der Waals surface area contributed by atoms with Crippen LogP contribution in [0.5, 0.6) is 0 Å². The maximum absolute atomic E-state index is 8.34. The summed E-state index contributed by atoms with van der Waals surface area (Å²) in [5, 5.41) is 24.7. The summed E-state index contributed by atoms with van der Waals surface area (Å²) < 4.78 is 0. The van der Waals surface area contributed by atoms with Gasteiger partial charge in [-0.15, -0.1) is 0 Å². The molecule has 3 nitrogen and oxygen atoms in total. The molecule has 2 N–H and O–H groups in total. The van der Waals surface area contributed by atoms with Crippen LogP contribution in [0.15, 0.2) is 0 Å². The van der Waals surface area contributed by atoms with Crippen LogP contribution in [0.2, 0.25) is 6.04 Å². The fourth-order valence-electron chi connectivity index (χ4n) is 0.399. The van der Waals surface area contributed by atoms with Crippen molar-refractivity contribution in [3.8, 4) is 6.07 Å². The van der Waals surface area contributed by atoms with Crippen molar-refractivity contribution in [3.63, 3.8) is 0 Å². The van der Waals surface area contributed by atoms with E-state index in [2.05, 4.69) is 0 Å². The van der Waals surface area contributed by atoms with E-state index in [1.807, 2.05) is 6.07 Å². The summed E-state index contributed by atoms with van der Waals surface area (Å²) in [6.45, 7) is 0. The Morgan fingerprint density at radius 3 is 2.67 bits per heavy atom. The molecule has 0 rings (SSSR count). The van der Waals surface area contributed by atoms with E-state index in [9.17, 15) is 0 Å². The zero-order valence-corrected chi connectivity index (χ0v) is 6.04. The number of aliphatic hydroxyl groups is 2. The molecular weight excluding hydrogens is 134 g/mol. The summed E-state index contributed by atoms with van der Waals surface area (Å²) in [6, 6.07) is 2.72. The number of nitrogens with zero attached hydrogens (tertiary/aromatic N) is 1. The van der Waals surface area contributed by atoms with Crippen LogP contribution in [0.1, 0.15) is 12.8 Å². The molecule has 0 amide bonds. The highest BCUT2D eigenvalue weighted by molar-refractivity contribution is 6.36. The summed E-state index contributed by atoms with van der Waals surface area (Å²) in [4.78, 5) is 0. The Balaban J connectivity index is 2.85. The van der Waals surface area contributed by atoms with Gasteiger partial charge in [-0.2, -0.15) is 5.26 Å². The molecule has 0 aliphatic rings. The average Bonchev–Trinajstić information content (AvgIpc) is 1.80. The highest BCUT2D eigenvalue weighted by Gasteiger charge is 1.96. The lowest BCUT2D eigenvalue weighted by Gasteiger charge is -1.97. The molecule has 50 valence electrons. The second-order valence-electron chi connectivity index (χ2n) is 1.59. The highest BCUT2D eigenvalue weighted by atomic mass is 28.2. The minimum absolute atomic E-state index is 0.158. The molecule has 0 bridgehead atoms. The SMILES string of the molecule is N#CCCC[Si]C(O)O. The molecule has 0 heterocycles. The molecule has 0 aromatic carbocycles. The predicted octanol–water partition coefficient (Wildman–Crippen LogP) is -0.319.